The lowest BCUT2D eigenvalue weighted by Crippen LogP contribution is -1.97. The first-order chi connectivity index (χ1) is 34.2. The summed E-state index contributed by atoms with van der Waals surface area (Å²) in [6.07, 6.45) is 0. The normalized spacial score (nSPS) is 11.5. The Hall–Kier alpha value is -9.25. The fourth-order valence-corrected chi connectivity index (χ4v) is 10.0. The van der Waals surface area contributed by atoms with E-state index < -0.39 is 0 Å². The molecule has 0 bridgehead atoms. The average molecular weight is 879 g/mol. The summed E-state index contributed by atoms with van der Waals surface area (Å²) in [7, 11) is 0. The second-order valence-corrected chi connectivity index (χ2v) is 17.6. The van der Waals surface area contributed by atoms with Crippen LogP contribution in [-0.2, 0) is 0 Å². The highest BCUT2D eigenvalue weighted by atomic mass is 15.0. The largest absolute Gasteiger partial charge is 0.309 e. The number of benzene rings is 10. The lowest BCUT2D eigenvalue weighted by molar-refractivity contribution is 1.18. The fourth-order valence-electron chi connectivity index (χ4n) is 10.0. The van der Waals surface area contributed by atoms with Crippen LogP contribution in [-0.4, -0.2) is 19.5 Å². The summed E-state index contributed by atoms with van der Waals surface area (Å²) >= 11 is 0. The van der Waals surface area contributed by atoms with Gasteiger partial charge in [0.05, 0.1) is 33.6 Å². The first kappa shape index (κ1) is 40.1. The number of hydrogen-bond acceptors (Lipinski definition) is 3. The van der Waals surface area contributed by atoms with Gasteiger partial charge in [-0.2, -0.15) is 0 Å². The molecule has 0 saturated heterocycles. The van der Waals surface area contributed by atoms with E-state index in [0.29, 0.717) is 5.82 Å². The maximum Gasteiger partial charge on any atom is 0.160 e. The summed E-state index contributed by atoms with van der Waals surface area (Å²) in [6.45, 7) is 0. The molecule has 0 spiro atoms. The molecule has 13 rings (SSSR count). The van der Waals surface area contributed by atoms with Gasteiger partial charge in [0.2, 0.25) is 0 Å². The first-order valence-corrected chi connectivity index (χ1v) is 23.4. The molecule has 0 atom stereocenters. The molecule has 69 heavy (non-hydrogen) atoms. The van der Waals surface area contributed by atoms with Gasteiger partial charge in [0.25, 0.3) is 0 Å². The van der Waals surface area contributed by atoms with Crippen molar-refractivity contribution in [2.24, 2.45) is 0 Å². The number of nitrogens with zero attached hydrogens (tertiary/aromatic N) is 4. The average Bonchev–Trinajstić information content (AvgIpc) is 3.76. The Bertz CT molecular complexity index is 3930. The van der Waals surface area contributed by atoms with Gasteiger partial charge in [-0.1, -0.05) is 206 Å². The van der Waals surface area contributed by atoms with Crippen molar-refractivity contribution in [2.75, 3.05) is 0 Å². The Balaban J connectivity index is 0.963. The van der Waals surface area contributed by atoms with Crippen LogP contribution in [0.5, 0.6) is 0 Å². The quantitative estimate of drug-likeness (QED) is 0.143. The highest BCUT2D eigenvalue weighted by molar-refractivity contribution is 6.21. The van der Waals surface area contributed by atoms with E-state index in [-0.39, 0.29) is 0 Å². The maximum absolute atomic E-state index is 5.61. The van der Waals surface area contributed by atoms with Gasteiger partial charge in [-0.05, 0) is 81.7 Å². The topological polar surface area (TPSA) is 43.6 Å². The number of para-hydroxylation sites is 3. The molecule has 0 aliphatic carbocycles. The molecule has 13 aromatic rings. The minimum absolute atomic E-state index is 0.663. The van der Waals surface area contributed by atoms with Crippen LogP contribution in [0.4, 0.5) is 0 Å². The molecule has 4 heteroatoms. The Kier molecular flexibility index (Phi) is 9.80. The monoisotopic (exact) mass is 878 g/mol. The molecule has 0 aliphatic rings. The molecule has 322 valence electrons. The molecule has 10 aromatic carbocycles. The summed E-state index contributed by atoms with van der Waals surface area (Å²) in [5.41, 5.74) is 17.9. The molecule has 0 unspecified atom stereocenters. The zero-order chi connectivity index (χ0) is 45.7. The first-order valence-electron chi connectivity index (χ1n) is 23.4. The third kappa shape index (κ3) is 7.23. The van der Waals surface area contributed by atoms with Gasteiger partial charge in [-0.3, -0.25) is 0 Å². The molecule has 0 fully saturated rings. The number of pyridine rings is 1. The van der Waals surface area contributed by atoms with Crippen molar-refractivity contribution >= 4 is 43.5 Å². The predicted molar refractivity (Wildman–Crippen MR) is 287 cm³/mol. The molecule has 0 radical (unpaired) electrons. The lowest BCUT2D eigenvalue weighted by atomic mass is 9.94. The zero-order valence-electron chi connectivity index (χ0n) is 37.5. The summed E-state index contributed by atoms with van der Waals surface area (Å²) in [5, 5.41) is 5.83. The van der Waals surface area contributed by atoms with E-state index in [9.17, 15) is 0 Å². The van der Waals surface area contributed by atoms with Gasteiger partial charge in [-0.25, -0.2) is 15.0 Å². The molecular formula is C65H42N4. The molecule has 0 amide bonds. The second kappa shape index (κ2) is 16.9. The Labute approximate surface area is 400 Å². The highest BCUT2D eigenvalue weighted by Crippen LogP contribution is 2.42. The molecule has 4 nitrogen and oxygen atoms in total. The van der Waals surface area contributed by atoms with Crippen LogP contribution >= 0.6 is 0 Å². The van der Waals surface area contributed by atoms with E-state index in [2.05, 4.69) is 259 Å². The van der Waals surface area contributed by atoms with Crippen molar-refractivity contribution in [3.8, 4) is 84.2 Å². The summed E-state index contributed by atoms with van der Waals surface area (Å²) in [5.74, 6) is 0.663. The van der Waals surface area contributed by atoms with Crippen LogP contribution in [0.25, 0.3) is 128 Å². The molecular weight excluding hydrogens is 837 g/mol. The molecule has 0 saturated carbocycles. The minimum Gasteiger partial charge on any atom is -0.309 e. The summed E-state index contributed by atoms with van der Waals surface area (Å²) in [4.78, 5) is 16.2. The summed E-state index contributed by atoms with van der Waals surface area (Å²) in [6, 6.07) is 90.4. The zero-order valence-corrected chi connectivity index (χ0v) is 37.5. The smallest absolute Gasteiger partial charge is 0.160 e. The van der Waals surface area contributed by atoms with Crippen molar-refractivity contribution in [2.45, 2.75) is 0 Å². The highest BCUT2D eigenvalue weighted by Gasteiger charge is 2.20. The Morgan fingerprint density at radius 1 is 0.261 bits per heavy atom. The molecule has 0 aliphatic heterocycles. The number of fused-ring (bicyclic) bond motifs is 6. The third-order valence-electron chi connectivity index (χ3n) is 13.4. The van der Waals surface area contributed by atoms with Crippen molar-refractivity contribution in [3.63, 3.8) is 0 Å². The Morgan fingerprint density at radius 2 is 0.768 bits per heavy atom. The van der Waals surface area contributed by atoms with Crippen molar-refractivity contribution in [3.05, 3.63) is 255 Å². The van der Waals surface area contributed by atoms with Crippen LogP contribution in [0.2, 0.25) is 0 Å². The van der Waals surface area contributed by atoms with Crippen LogP contribution in [0.3, 0.4) is 0 Å². The Morgan fingerprint density at radius 3 is 1.41 bits per heavy atom. The number of aromatic nitrogens is 4. The molecule has 3 aromatic heterocycles. The number of rotatable bonds is 8. The standard InChI is InChI=1S/C65H42N4/c1-5-18-43(19-6-1)48-24-15-26-50(38-48)59-42-60(51-27-16-25-49(39-51)44-20-7-2-8-21-44)67-65(66-59)47-36-34-45(35-37-47)53-31-17-32-55-56-40-57-54-30-13-14-33-61(54)69(52-28-11-4-12-29-52)62(57)41-58(56)63(68-64(53)55)46-22-9-3-10-23-46/h1-42H. The van der Waals surface area contributed by atoms with E-state index in [4.69, 9.17) is 15.0 Å². The van der Waals surface area contributed by atoms with Crippen LogP contribution < -0.4 is 0 Å². The summed E-state index contributed by atoms with van der Waals surface area (Å²) < 4.78 is 2.38. The van der Waals surface area contributed by atoms with Crippen LogP contribution in [0.1, 0.15) is 0 Å². The van der Waals surface area contributed by atoms with E-state index >= 15 is 0 Å². The van der Waals surface area contributed by atoms with Crippen LogP contribution in [0.15, 0.2) is 255 Å². The second-order valence-electron chi connectivity index (χ2n) is 17.6. The van der Waals surface area contributed by atoms with E-state index in [1.165, 1.54) is 21.7 Å². The SMILES string of the molecule is c1ccc(-c2cccc(-c3cc(-c4cccc(-c5ccccc5)c4)nc(-c4ccc(-c5cccc6c5nc(-c5ccccc5)c5cc7c(cc56)c5ccccc5n7-c5ccccc5)cc4)n3)c2)cc1. The molecule has 3 heterocycles. The number of hydrogen-bond donors (Lipinski definition) is 0. The van der Waals surface area contributed by atoms with Crippen molar-refractivity contribution in [1.29, 1.82) is 0 Å². The van der Waals surface area contributed by atoms with E-state index in [1.54, 1.807) is 0 Å². The van der Waals surface area contributed by atoms with Crippen molar-refractivity contribution < 1.29 is 0 Å². The third-order valence-corrected chi connectivity index (χ3v) is 13.4. The van der Waals surface area contributed by atoms with Crippen LogP contribution in [0, 0.1) is 0 Å². The minimum atomic E-state index is 0.663. The maximum atomic E-state index is 5.61. The van der Waals surface area contributed by atoms with Gasteiger partial charge in [0.15, 0.2) is 5.82 Å². The van der Waals surface area contributed by atoms with Crippen molar-refractivity contribution in [1.82, 2.24) is 19.5 Å². The van der Waals surface area contributed by atoms with Gasteiger partial charge in [0, 0.05) is 55.0 Å². The van der Waals surface area contributed by atoms with Gasteiger partial charge in [-0.15, -0.1) is 0 Å². The van der Waals surface area contributed by atoms with Gasteiger partial charge in [0.1, 0.15) is 0 Å². The molecule has 0 N–H and O–H groups in total. The predicted octanol–water partition coefficient (Wildman–Crippen LogP) is 16.9. The fraction of sp³-hybridized carbons (Fsp3) is 0. The van der Waals surface area contributed by atoms with Gasteiger partial charge >= 0.3 is 0 Å². The van der Waals surface area contributed by atoms with E-state index in [0.717, 1.165) is 100 Å². The van der Waals surface area contributed by atoms with Gasteiger partial charge < -0.3 is 4.57 Å². The lowest BCUT2D eigenvalue weighted by Gasteiger charge is -2.15. The van der Waals surface area contributed by atoms with E-state index in [1.807, 2.05) is 0 Å².